The molecule has 0 saturated carbocycles. The number of aryl methyl sites for hydroxylation is 1. The van der Waals surface area contributed by atoms with Crippen LogP contribution >= 0.6 is 0 Å². The summed E-state index contributed by atoms with van der Waals surface area (Å²) in [5.74, 6) is -3.09. The van der Waals surface area contributed by atoms with Gasteiger partial charge in [-0.25, -0.2) is 8.78 Å². The van der Waals surface area contributed by atoms with Gasteiger partial charge in [0.25, 0.3) is 5.92 Å². The van der Waals surface area contributed by atoms with E-state index in [9.17, 15) is 8.78 Å². The van der Waals surface area contributed by atoms with Crippen molar-refractivity contribution in [1.82, 2.24) is 5.32 Å². The average Bonchev–Trinajstić information content (AvgIpc) is 2.75. The van der Waals surface area contributed by atoms with Gasteiger partial charge >= 0.3 is 0 Å². The lowest BCUT2D eigenvalue weighted by atomic mass is 9.92. The Morgan fingerprint density at radius 3 is 2.75 bits per heavy atom. The third-order valence-corrected chi connectivity index (χ3v) is 3.34. The molecule has 2 rings (SSSR count). The Kier molecular flexibility index (Phi) is 3.24. The second-order valence-electron chi connectivity index (χ2n) is 4.55. The highest BCUT2D eigenvalue weighted by molar-refractivity contribution is 5.26. The van der Waals surface area contributed by atoms with E-state index in [1.54, 1.807) is 6.07 Å². The van der Waals surface area contributed by atoms with Crippen molar-refractivity contribution in [3.8, 4) is 0 Å². The fraction of sp³-hybridized carbons (Fsp3) is 0.538. The summed E-state index contributed by atoms with van der Waals surface area (Å²) in [5, 5.41) is 3.00. The molecule has 0 aliphatic carbocycles. The lowest BCUT2D eigenvalue weighted by Crippen LogP contribution is -2.32. The van der Waals surface area contributed by atoms with Crippen LogP contribution in [0.1, 0.15) is 17.5 Å². The van der Waals surface area contributed by atoms with Crippen molar-refractivity contribution in [3.05, 3.63) is 35.4 Å². The van der Waals surface area contributed by atoms with Crippen molar-refractivity contribution in [2.45, 2.75) is 25.7 Å². The number of rotatable bonds is 3. The summed E-state index contributed by atoms with van der Waals surface area (Å²) in [5.41, 5.74) is 1.72. The summed E-state index contributed by atoms with van der Waals surface area (Å²) in [6, 6.07) is 7.39. The number of nitrogens with one attached hydrogen (secondary N) is 1. The third-order valence-electron chi connectivity index (χ3n) is 3.34. The molecule has 1 saturated heterocycles. The maximum atomic E-state index is 14.0. The largest absolute Gasteiger partial charge is 0.316 e. The van der Waals surface area contributed by atoms with Crippen LogP contribution in [0.3, 0.4) is 0 Å². The first-order valence-corrected chi connectivity index (χ1v) is 5.72. The summed E-state index contributed by atoms with van der Waals surface area (Å²) in [4.78, 5) is 0. The van der Waals surface area contributed by atoms with Crippen molar-refractivity contribution in [3.63, 3.8) is 0 Å². The Balaban J connectivity index is 2.10. The van der Waals surface area contributed by atoms with E-state index < -0.39 is 11.8 Å². The van der Waals surface area contributed by atoms with Gasteiger partial charge in [0.15, 0.2) is 0 Å². The predicted octanol–water partition coefficient (Wildman–Crippen LogP) is 2.78. The topological polar surface area (TPSA) is 12.0 Å². The van der Waals surface area contributed by atoms with Crippen molar-refractivity contribution in [1.29, 1.82) is 0 Å². The van der Waals surface area contributed by atoms with E-state index in [2.05, 4.69) is 5.32 Å². The molecule has 1 N–H and O–H groups in total. The summed E-state index contributed by atoms with van der Waals surface area (Å²) < 4.78 is 27.9. The quantitative estimate of drug-likeness (QED) is 0.834. The average molecular weight is 225 g/mol. The standard InChI is InChI=1S/C13H17F2N/c1-10-4-2-3-5-11(10)8-13(14,15)12-6-7-16-9-12/h2-5,12,16H,6-9H2,1H3. The van der Waals surface area contributed by atoms with E-state index in [0.29, 0.717) is 19.5 Å². The predicted molar refractivity (Wildman–Crippen MR) is 60.8 cm³/mol. The number of halogens is 2. The highest BCUT2D eigenvalue weighted by Crippen LogP contribution is 2.33. The van der Waals surface area contributed by atoms with E-state index in [1.807, 2.05) is 25.1 Å². The summed E-state index contributed by atoms with van der Waals surface area (Å²) in [6.07, 6.45) is 0.449. The van der Waals surface area contributed by atoms with Gasteiger partial charge in [0.2, 0.25) is 0 Å². The molecule has 1 atom stereocenters. The number of hydrogen-bond acceptors (Lipinski definition) is 1. The number of benzene rings is 1. The molecule has 1 unspecified atom stereocenters. The zero-order valence-electron chi connectivity index (χ0n) is 9.47. The van der Waals surface area contributed by atoms with Crippen molar-refractivity contribution in [2.75, 3.05) is 13.1 Å². The summed E-state index contributed by atoms with van der Waals surface area (Å²) >= 11 is 0. The zero-order valence-corrected chi connectivity index (χ0v) is 9.47. The molecule has 0 amide bonds. The Hall–Kier alpha value is -0.960. The smallest absolute Gasteiger partial charge is 0.256 e. The highest BCUT2D eigenvalue weighted by Gasteiger charge is 2.40. The van der Waals surface area contributed by atoms with Crippen molar-refractivity contribution < 1.29 is 8.78 Å². The first kappa shape index (κ1) is 11.5. The lowest BCUT2D eigenvalue weighted by molar-refractivity contribution is -0.0500. The minimum atomic E-state index is -2.59. The van der Waals surface area contributed by atoms with Crippen LogP contribution in [0.5, 0.6) is 0 Å². The van der Waals surface area contributed by atoms with Crippen LogP contribution in [0.15, 0.2) is 24.3 Å². The van der Waals surface area contributed by atoms with E-state index in [0.717, 1.165) is 11.1 Å². The van der Waals surface area contributed by atoms with Crippen LogP contribution in [0.4, 0.5) is 8.78 Å². The fourth-order valence-corrected chi connectivity index (χ4v) is 2.22. The molecule has 0 radical (unpaired) electrons. The minimum absolute atomic E-state index is 0.133. The highest BCUT2D eigenvalue weighted by atomic mass is 19.3. The van der Waals surface area contributed by atoms with Gasteiger partial charge < -0.3 is 5.32 Å². The molecule has 1 nitrogen and oxygen atoms in total. The molecule has 3 heteroatoms. The molecule has 1 aromatic carbocycles. The van der Waals surface area contributed by atoms with Gasteiger partial charge in [0, 0.05) is 18.9 Å². The first-order chi connectivity index (χ1) is 7.59. The monoisotopic (exact) mass is 225 g/mol. The molecule has 1 fully saturated rings. The van der Waals surface area contributed by atoms with Crippen LogP contribution < -0.4 is 5.32 Å². The molecular formula is C13H17F2N. The molecule has 0 aromatic heterocycles. The lowest BCUT2D eigenvalue weighted by Gasteiger charge is -2.23. The van der Waals surface area contributed by atoms with Crippen LogP contribution in [-0.4, -0.2) is 19.0 Å². The maximum absolute atomic E-state index is 14.0. The number of alkyl halides is 2. The van der Waals surface area contributed by atoms with Crippen molar-refractivity contribution in [2.24, 2.45) is 5.92 Å². The maximum Gasteiger partial charge on any atom is 0.256 e. The van der Waals surface area contributed by atoms with E-state index in [4.69, 9.17) is 0 Å². The second kappa shape index (κ2) is 4.50. The normalized spacial score (nSPS) is 21.3. The zero-order chi connectivity index (χ0) is 11.6. The second-order valence-corrected chi connectivity index (χ2v) is 4.55. The number of hydrogen-bond donors (Lipinski definition) is 1. The fourth-order valence-electron chi connectivity index (χ4n) is 2.22. The molecule has 0 bridgehead atoms. The Morgan fingerprint density at radius 1 is 1.38 bits per heavy atom. The summed E-state index contributed by atoms with van der Waals surface area (Å²) in [7, 11) is 0. The molecule has 1 heterocycles. The molecule has 16 heavy (non-hydrogen) atoms. The van der Waals surface area contributed by atoms with E-state index in [1.165, 1.54) is 0 Å². The molecule has 1 aromatic rings. The van der Waals surface area contributed by atoms with Crippen LogP contribution in [-0.2, 0) is 6.42 Å². The Morgan fingerprint density at radius 2 is 2.12 bits per heavy atom. The molecule has 88 valence electrons. The van der Waals surface area contributed by atoms with Gasteiger partial charge in [-0.1, -0.05) is 24.3 Å². The molecule has 1 aliphatic heterocycles. The van der Waals surface area contributed by atoms with Crippen molar-refractivity contribution >= 4 is 0 Å². The SMILES string of the molecule is Cc1ccccc1CC(F)(F)C1CCNC1. The van der Waals surface area contributed by atoms with Gasteiger partial charge in [-0.15, -0.1) is 0 Å². The van der Waals surface area contributed by atoms with Gasteiger partial charge in [-0.2, -0.15) is 0 Å². The minimum Gasteiger partial charge on any atom is -0.316 e. The van der Waals surface area contributed by atoms with Gasteiger partial charge in [-0.3, -0.25) is 0 Å². The molecular weight excluding hydrogens is 208 g/mol. The molecule has 0 spiro atoms. The van der Waals surface area contributed by atoms with Crippen LogP contribution in [0, 0.1) is 12.8 Å². The Labute approximate surface area is 94.9 Å². The third kappa shape index (κ3) is 2.40. The van der Waals surface area contributed by atoms with Crippen LogP contribution in [0.2, 0.25) is 0 Å². The summed E-state index contributed by atoms with van der Waals surface area (Å²) in [6.45, 7) is 3.05. The van der Waals surface area contributed by atoms with Gasteiger partial charge in [-0.05, 0) is 31.0 Å². The van der Waals surface area contributed by atoms with Crippen LogP contribution in [0.25, 0.3) is 0 Å². The Bertz CT molecular complexity index is 357. The van der Waals surface area contributed by atoms with E-state index in [-0.39, 0.29) is 6.42 Å². The van der Waals surface area contributed by atoms with Gasteiger partial charge in [0.1, 0.15) is 0 Å². The van der Waals surface area contributed by atoms with E-state index >= 15 is 0 Å². The molecule has 1 aliphatic rings. The first-order valence-electron chi connectivity index (χ1n) is 5.72. The van der Waals surface area contributed by atoms with Gasteiger partial charge in [0.05, 0.1) is 0 Å².